The standard InChI is InChI=1S/C14H17FN4O/c1-10-2-3-11(15)8-12(10)14-17-13(18-20-14)9-19-6-4-16-5-7-19/h2-3,8,16H,4-7,9H2,1H3. The maximum absolute atomic E-state index is 13.3. The molecule has 0 amide bonds. The molecule has 0 saturated carbocycles. The van der Waals surface area contributed by atoms with Crippen molar-refractivity contribution in [2.24, 2.45) is 0 Å². The maximum Gasteiger partial charge on any atom is 0.258 e. The maximum atomic E-state index is 13.3. The summed E-state index contributed by atoms with van der Waals surface area (Å²) in [4.78, 5) is 6.64. The Morgan fingerprint density at radius 3 is 2.95 bits per heavy atom. The van der Waals surface area contributed by atoms with Gasteiger partial charge in [0.15, 0.2) is 5.82 Å². The van der Waals surface area contributed by atoms with Crippen LogP contribution in [-0.2, 0) is 6.54 Å². The van der Waals surface area contributed by atoms with Gasteiger partial charge in [-0.2, -0.15) is 4.98 Å². The van der Waals surface area contributed by atoms with E-state index >= 15 is 0 Å². The van der Waals surface area contributed by atoms with Gasteiger partial charge in [-0.15, -0.1) is 0 Å². The summed E-state index contributed by atoms with van der Waals surface area (Å²) in [6, 6.07) is 4.57. The minimum absolute atomic E-state index is 0.299. The molecule has 1 N–H and O–H groups in total. The smallest absolute Gasteiger partial charge is 0.258 e. The Morgan fingerprint density at radius 1 is 1.35 bits per heavy atom. The summed E-state index contributed by atoms with van der Waals surface area (Å²) in [6.45, 7) is 6.47. The van der Waals surface area contributed by atoms with Crippen molar-refractivity contribution in [3.63, 3.8) is 0 Å². The van der Waals surface area contributed by atoms with Crippen molar-refractivity contribution in [2.75, 3.05) is 26.2 Å². The lowest BCUT2D eigenvalue weighted by molar-refractivity contribution is 0.225. The molecule has 1 saturated heterocycles. The van der Waals surface area contributed by atoms with Crippen molar-refractivity contribution in [3.05, 3.63) is 35.4 Å². The number of rotatable bonds is 3. The van der Waals surface area contributed by atoms with Crippen LogP contribution in [0.3, 0.4) is 0 Å². The molecule has 20 heavy (non-hydrogen) atoms. The number of hydrogen-bond donors (Lipinski definition) is 1. The highest BCUT2D eigenvalue weighted by molar-refractivity contribution is 5.57. The highest BCUT2D eigenvalue weighted by Gasteiger charge is 2.16. The molecule has 2 heterocycles. The zero-order valence-corrected chi connectivity index (χ0v) is 11.4. The molecule has 1 aliphatic rings. The second-order valence-corrected chi connectivity index (χ2v) is 5.00. The van der Waals surface area contributed by atoms with Gasteiger partial charge in [-0.3, -0.25) is 4.90 Å². The highest BCUT2D eigenvalue weighted by Crippen LogP contribution is 2.22. The van der Waals surface area contributed by atoms with E-state index in [-0.39, 0.29) is 5.82 Å². The van der Waals surface area contributed by atoms with Crippen molar-refractivity contribution in [3.8, 4) is 11.5 Å². The third kappa shape index (κ3) is 2.86. The van der Waals surface area contributed by atoms with Crippen LogP contribution in [0.1, 0.15) is 11.4 Å². The van der Waals surface area contributed by atoms with Gasteiger partial charge in [-0.05, 0) is 24.6 Å². The van der Waals surface area contributed by atoms with Crippen molar-refractivity contribution < 1.29 is 8.91 Å². The van der Waals surface area contributed by atoms with Crippen LogP contribution in [-0.4, -0.2) is 41.2 Å². The minimum Gasteiger partial charge on any atom is -0.334 e. The Hall–Kier alpha value is -1.79. The van der Waals surface area contributed by atoms with Gasteiger partial charge in [0.25, 0.3) is 5.89 Å². The number of hydrogen-bond acceptors (Lipinski definition) is 5. The van der Waals surface area contributed by atoms with Crippen LogP contribution in [0.25, 0.3) is 11.5 Å². The molecule has 3 rings (SSSR count). The van der Waals surface area contributed by atoms with E-state index < -0.39 is 0 Å². The van der Waals surface area contributed by atoms with Gasteiger partial charge in [0.05, 0.1) is 6.54 Å². The summed E-state index contributed by atoms with van der Waals surface area (Å²) in [6.07, 6.45) is 0. The fourth-order valence-electron chi connectivity index (χ4n) is 2.32. The topological polar surface area (TPSA) is 54.2 Å². The molecule has 0 bridgehead atoms. The van der Waals surface area contributed by atoms with Crippen LogP contribution in [0.15, 0.2) is 22.7 Å². The lowest BCUT2D eigenvalue weighted by Gasteiger charge is -2.25. The third-order valence-corrected chi connectivity index (χ3v) is 3.47. The van der Waals surface area contributed by atoms with Crippen LogP contribution in [0, 0.1) is 12.7 Å². The molecular formula is C14H17FN4O. The third-order valence-electron chi connectivity index (χ3n) is 3.47. The summed E-state index contributed by atoms with van der Waals surface area (Å²) in [5, 5.41) is 7.28. The largest absolute Gasteiger partial charge is 0.334 e. The molecule has 1 aromatic heterocycles. The Bertz CT molecular complexity index is 593. The fourth-order valence-corrected chi connectivity index (χ4v) is 2.32. The van der Waals surface area contributed by atoms with Crippen molar-refractivity contribution in [1.29, 1.82) is 0 Å². The zero-order chi connectivity index (χ0) is 13.9. The molecule has 106 valence electrons. The van der Waals surface area contributed by atoms with Crippen molar-refractivity contribution >= 4 is 0 Å². The SMILES string of the molecule is Cc1ccc(F)cc1-c1nc(CN2CCNCC2)no1. The van der Waals surface area contributed by atoms with E-state index in [1.807, 2.05) is 6.92 Å². The van der Waals surface area contributed by atoms with Crippen LogP contribution in [0.2, 0.25) is 0 Å². The molecule has 0 atom stereocenters. The van der Waals surface area contributed by atoms with Gasteiger partial charge in [0.2, 0.25) is 0 Å². The Kier molecular flexibility index (Phi) is 3.75. The number of halogens is 1. The molecule has 6 heteroatoms. The Balaban J connectivity index is 1.77. The van der Waals surface area contributed by atoms with Gasteiger partial charge in [-0.1, -0.05) is 11.2 Å². The van der Waals surface area contributed by atoms with E-state index in [1.54, 1.807) is 6.07 Å². The first-order chi connectivity index (χ1) is 9.72. The van der Waals surface area contributed by atoms with Crippen molar-refractivity contribution in [2.45, 2.75) is 13.5 Å². The zero-order valence-electron chi connectivity index (χ0n) is 11.4. The molecule has 1 aromatic carbocycles. The first-order valence-corrected chi connectivity index (χ1v) is 6.74. The van der Waals surface area contributed by atoms with Crippen LogP contribution < -0.4 is 5.32 Å². The molecule has 0 aliphatic carbocycles. The van der Waals surface area contributed by atoms with E-state index in [4.69, 9.17) is 4.52 Å². The van der Waals surface area contributed by atoms with Crippen molar-refractivity contribution in [1.82, 2.24) is 20.4 Å². The van der Waals surface area contributed by atoms with Crippen LogP contribution >= 0.6 is 0 Å². The summed E-state index contributed by atoms with van der Waals surface area (Å²) < 4.78 is 18.6. The molecule has 1 aliphatic heterocycles. The van der Waals surface area contributed by atoms with Crippen LogP contribution in [0.4, 0.5) is 4.39 Å². The van der Waals surface area contributed by atoms with Gasteiger partial charge in [-0.25, -0.2) is 4.39 Å². The van der Waals surface area contributed by atoms with E-state index in [0.29, 0.717) is 23.8 Å². The highest BCUT2D eigenvalue weighted by atomic mass is 19.1. The molecule has 1 fully saturated rings. The van der Waals surface area contributed by atoms with Gasteiger partial charge >= 0.3 is 0 Å². The van der Waals surface area contributed by atoms with Gasteiger partial charge in [0, 0.05) is 31.7 Å². The molecule has 5 nitrogen and oxygen atoms in total. The normalized spacial score (nSPS) is 16.5. The fraction of sp³-hybridized carbons (Fsp3) is 0.429. The second-order valence-electron chi connectivity index (χ2n) is 5.00. The van der Waals surface area contributed by atoms with Gasteiger partial charge < -0.3 is 9.84 Å². The van der Waals surface area contributed by atoms with E-state index in [1.165, 1.54) is 12.1 Å². The van der Waals surface area contributed by atoms with E-state index in [9.17, 15) is 4.39 Å². The average Bonchev–Trinajstić information content (AvgIpc) is 2.91. The lowest BCUT2D eigenvalue weighted by atomic mass is 10.1. The first-order valence-electron chi connectivity index (χ1n) is 6.74. The summed E-state index contributed by atoms with van der Waals surface area (Å²) >= 11 is 0. The number of piperazine rings is 1. The summed E-state index contributed by atoms with van der Waals surface area (Å²) in [7, 11) is 0. The monoisotopic (exact) mass is 276 g/mol. The van der Waals surface area contributed by atoms with Crippen LogP contribution in [0.5, 0.6) is 0 Å². The van der Waals surface area contributed by atoms with E-state index in [0.717, 1.165) is 31.7 Å². The van der Waals surface area contributed by atoms with Gasteiger partial charge in [0.1, 0.15) is 5.82 Å². The Morgan fingerprint density at radius 2 is 2.15 bits per heavy atom. The number of aryl methyl sites for hydroxylation is 1. The number of aromatic nitrogens is 2. The number of nitrogens with zero attached hydrogens (tertiary/aromatic N) is 3. The van der Waals surface area contributed by atoms with E-state index in [2.05, 4.69) is 20.4 Å². The molecule has 0 spiro atoms. The minimum atomic E-state index is -0.299. The summed E-state index contributed by atoms with van der Waals surface area (Å²) in [5.74, 6) is 0.727. The lowest BCUT2D eigenvalue weighted by Crippen LogP contribution is -2.43. The Labute approximate surface area is 116 Å². The predicted molar refractivity (Wildman–Crippen MR) is 72.6 cm³/mol. The second kappa shape index (κ2) is 5.68. The number of nitrogens with one attached hydrogen (secondary N) is 1. The predicted octanol–water partition coefficient (Wildman–Crippen LogP) is 1.59. The first kappa shape index (κ1) is 13.2. The molecule has 0 radical (unpaired) electrons. The molecule has 2 aromatic rings. The average molecular weight is 276 g/mol. The quantitative estimate of drug-likeness (QED) is 0.922. The molecular weight excluding hydrogens is 259 g/mol. The molecule has 0 unspecified atom stereocenters. The summed E-state index contributed by atoms with van der Waals surface area (Å²) in [5.41, 5.74) is 1.58. The number of benzene rings is 1.